The molecule has 0 radical (unpaired) electrons. The number of nitrogens with zero attached hydrogens (tertiary/aromatic N) is 2. The third-order valence-corrected chi connectivity index (χ3v) is 7.18. The summed E-state index contributed by atoms with van der Waals surface area (Å²) in [6.07, 6.45) is 0. The largest absolute Gasteiger partial charge is 0.318 e. The Labute approximate surface area is 175 Å². The Morgan fingerprint density at radius 1 is 0.933 bits per heavy atom. The minimum Gasteiger partial charge on any atom is -0.318 e. The van der Waals surface area contributed by atoms with Crippen molar-refractivity contribution >= 4 is 21.7 Å². The molecule has 0 atom stereocenters. The van der Waals surface area contributed by atoms with Crippen LogP contribution in [0.3, 0.4) is 0 Å². The maximum atomic E-state index is 13.1. The van der Waals surface area contributed by atoms with Crippen LogP contribution in [-0.2, 0) is 10.0 Å². The van der Waals surface area contributed by atoms with Gasteiger partial charge >= 0.3 is 0 Å². The highest BCUT2D eigenvalue weighted by Gasteiger charge is 2.42. The van der Waals surface area contributed by atoms with E-state index >= 15 is 0 Å². The third kappa shape index (κ3) is 3.06. The molecule has 0 spiro atoms. The van der Waals surface area contributed by atoms with Crippen LogP contribution in [0.5, 0.6) is 0 Å². The molecule has 1 amide bonds. The molecule has 4 rings (SSSR count). The van der Waals surface area contributed by atoms with Crippen molar-refractivity contribution in [2.24, 2.45) is 0 Å². The molecule has 2 heterocycles. The Bertz CT molecular complexity index is 1300. The molecule has 1 aromatic heterocycles. The van der Waals surface area contributed by atoms with Crippen molar-refractivity contribution in [2.45, 2.75) is 32.6 Å². The Hall–Kier alpha value is -3.19. The van der Waals surface area contributed by atoms with Gasteiger partial charge in [-0.05, 0) is 69.2 Å². The summed E-state index contributed by atoms with van der Waals surface area (Å²) in [7, 11) is -4.02. The second-order valence-electron chi connectivity index (χ2n) is 7.70. The van der Waals surface area contributed by atoms with Gasteiger partial charge in [-0.15, -0.1) is 0 Å². The lowest BCUT2D eigenvalue weighted by atomic mass is 10.1. The van der Waals surface area contributed by atoms with E-state index < -0.39 is 28.3 Å². The third-order valence-electron chi connectivity index (χ3n) is 5.40. The van der Waals surface area contributed by atoms with Crippen LogP contribution in [0, 0.1) is 27.7 Å². The molecule has 154 valence electrons. The normalized spacial score (nSPS) is 14.8. The minimum absolute atomic E-state index is 0.0523. The van der Waals surface area contributed by atoms with E-state index in [2.05, 4.69) is 6.07 Å². The number of hydrogen-bond donors (Lipinski definition) is 0. The molecule has 2 aromatic carbocycles. The molecule has 0 bridgehead atoms. The molecule has 3 aromatic rings. The molecule has 6 nitrogen and oxygen atoms in total. The zero-order valence-corrected chi connectivity index (χ0v) is 18.1. The standard InChI is InChI=1S/C23H22N2O4S/c1-14-9-15(2)11-18(10-14)25-16(3)12-20(17(25)4)21(26)13-24-23(27)19-7-5-6-8-22(19)30(24,28)29/h5-12H,13H2,1-4H3. The molecule has 1 aliphatic heterocycles. The van der Waals surface area contributed by atoms with Crippen LogP contribution in [0.15, 0.2) is 53.4 Å². The van der Waals surface area contributed by atoms with Crippen molar-refractivity contribution in [1.29, 1.82) is 0 Å². The van der Waals surface area contributed by atoms with Crippen molar-refractivity contribution in [3.8, 4) is 5.69 Å². The Kier molecular flexibility index (Phi) is 4.66. The van der Waals surface area contributed by atoms with E-state index in [0.29, 0.717) is 15.6 Å². The summed E-state index contributed by atoms with van der Waals surface area (Å²) in [5, 5.41) is 0. The van der Waals surface area contributed by atoms with Gasteiger partial charge in [0.2, 0.25) is 0 Å². The number of amides is 1. The highest BCUT2D eigenvalue weighted by molar-refractivity contribution is 7.90. The SMILES string of the molecule is Cc1cc(C)cc(-n2c(C)cc(C(=O)CN3C(=O)c4ccccc4S3(=O)=O)c2C)c1. The van der Waals surface area contributed by atoms with Crippen molar-refractivity contribution < 1.29 is 18.0 Å². The summed E-state index contributed by atoms with van der Waals surface area (Å²) >= 11 is 0. The second-order valence-corrected chi connectivity index (χ2v) is 9.53. The van der Waals surface area contributed by atoms with Gasteiger partial charge in [0.05, 0.1) is 5.56 Å². The maximum absolute atomic E-state index is 13.1. The number of carbonyl (C=O) groups excluding carboxylic acids is 2. The highest BCUT2D eigenvalue weighted by Crippen LogP contribution is 2.31. The number of benzene rings is 2. The van der Waals surface area contributed by atoms with Crippen molar-refractivity contribution in [1.82, 2.24) is 8.87 Å². The smallest absolute Gasteiger partial charge is 0.269 e. The van der Waals surface area contributed by atoms with Crippen molar-refractivity contribution in [3.63, 3.8) is 0 Å². The maximum Gasteiger partial charge on any atom is 0.269 e. The van der Waals surface area contributed by atoms with Gasteiger partial charge < -0.3 is 4.57 Å². The van der Waals surface area contributed by atoms with Gasteiger partial charge in [0.1, 0.15) is 11.4 Å². The first-order valence-corrected chi connectivity index (χ1v) is 11.0. The monoisotopic (exact) mass is 422 g/mol. The van der Waals surface area contributed by atoms with Gasteiger partial charge in [0.25, 0.3) is 15.9 Å². The minimum atomic E-state index is -4.02. The second kappa shape index (κ2) is 6.95. The fourth-order valence-corrected chi connectivity index (χ4v) is 5.65. The summed E-state index contributed by atoms with van der Waals surface area (Å²) in [5.41, 5.74) is 5.24. The van der Waals surface area contributed by atoms with E-state index in [-0.39, 0.29) is 10.5 Å². The van der Waals surface area contributed by atoms with Crippen LogP contribution in [0.4, 0.5) is 0 Å². The topological polar surface area (TPSA) is 76.5 Å². The lowest BCUT2D eigenvalue weighted by Crippen LogP contribution is -2.35. The number of hydrogen-bond acceptors (Lipinski definition) is 4. The van der Waals surface area contributed by atoms with Gasteiger partial charge in [-0.1, -0.05) is 18.2 Å². The molecule has 0 unspecified atom stereocenters. The first kappa shape index (κ1) is 20.1. The van der Waals surface area contributed by atoms with Crippen LogP contribution >= 0.6 is 0 Å². The lowest BCUT2D eigenvalue weighted by molar-refractivity contribution is 0.0820. The molecular formula is C23H22N2O4S. The molecule has 0 fully saturated rings. The summed E-state index contributed by atoms with van der Waals surface area (Å²) < 4.78 is 28.2. The predicted octanol–water partition coefficient (Wildman–Crippen LogP) is 3.74. The number of ketones is 1. The fourth-order valence-electron chi connectivity index (χ4n) is 4.13. The molecule has 0 saturated carbocycles. The van der Waals surface area contributed by atoms with Crippen molar-refractivity contribution in [3.05, 3.63) is 82.2 Å². The number of Topliss-reactive ketones (excluding diaryl/α,β-unsaturated/α-hetero) is 1. The number of aromatic nitrogens is 1. The number of fused-ring (bicyclic) bond motifs is 1. The van der Waals surface area contributed by atoms with E-state index in [1.54, 1.807) is 18.2 Å². The van der Waals surface area contributed by atoms with Crippen LogP contribution in [0.2, 0.25) is 0 Å². The predicted molar refractivity (Wildman–Crippen MR) is 114 cm³/mol. The van der Waals surface area contributed by atoms with E-state index in [0.717, 1.165) is 22.5 Å². The number of aryl methyl sites for hydroxylation is 3. The lowest BCUT2D eigenvalue weighted by Gasteiger charge is -2.15. The number of rotatable bonds is 4. The number of carbonyl (C=O) groups is 2. The average molecular weight is 423 g/mol. The molecule has 30 heavy (non-hydrogen) atoms. The van der Waals surface area contributed by atoms with Crippen LogP contribution in [0.25, 0.3) is 5.69 Å². The van der Waals surface area contributed by atoms with Crippen LogP contribution in [-0.4, -0.2) is 35.5 Å². The van der Waals surface area contributed by atoms with Gasteiger partial charge in [0.15, 0.2) is 5.78 Å². The highest BCUT2D eigenvalue weighted by atomic mass is 32.2. The van der Waals surface area contributed by atoms with E-state index in [1.165, 1.54) is 12.1 Å². The molecule has 0 saturated heterocycles. The van der Waals surface area contributed by atoms with Crippen LogP contribution < -0.4 is 0 Å². The summed E-state index contributed by atoms with van der Waals surface area (Å²) in [6.45, 7) is 7.23. The zero-order valence-electron chi connectivity index (χ0n) is 17.3. The Morgan fingerprint density at radius 2 is 1.57 bits per heavy atom. The zero-order chi connectivity index (χ0) is 21.8. The van der Waals surface area contributed by atoms with E-state index in [1.807, 2.05) is 44.4 Å². The van der Waals surface area contributed by atoms with E-state index in [4.69, 9.17) is 0 Å². The van der Waals surface area contributed by atoms with Gasteiger partial charge in [-0.2, -0.15) is 0 Å². The summed E-state index contributed by atoms with van der Waals surface area (Å²) in [4.78, 5) is 25.6. The first-order chi connectivity index (χ1) is 14.1. The first-order valence-electron chi connectivity index (χ1n) is 9.58. The van der Waals surface area contributed by atoms with Gasteiger partial charge in [0, 0.05) is 22.6 Å². The Balaban J connectivity index is 1.70. The van der Waals surface area contributed by atoms with Gasteiger partial charge in [-0.3, -0.25) is 9.59 Å². The van der Waals surface area contributed by atoms with Crippen molar-refractivity contribution in [2.75, 3.05) is 6.54 Å². The van der Waals surface area contributed by atoms with E-state index in [9.17, 15) is 18.0 Å². The Morgan fingerprint density at radius 3 is 2.20 bits per heavy atom. The summed E-state index contributed by atoms with van der Waals surface area (Å²) in [6, 6.07) is 13.9. The molecule has 0 N–H and O–H groups in total. The molecule has 1 aliphatic rings. The molecular weight excluding hydrogens is 400 g/mol. The molecule has 7 heteroatoms. The number of sulfonamides is 1. The molecule has 0 aliphatic carbocycles. The fraction of sp³-hybridized carbons (Fsp3) is 0.217. The average Bonchev–Trinajstić information content (AvgIpc) is 3.07. The van der Waals surface area contributed by atoms with Gasteiger partial charge in [-0.25, -0.2) is 12.7 Å². The quantitative estimate of drug-likeness (QED) is 0.600. The summed E-state index contributed by atoms with van der Waals surface area (Å²) in [5.74, 6) is -1.08. The van der Waals surface area contributed by atoms with Crippen LogP contribution in [0.1, 0.15) is 43.2 Å².